The van der Waals surface area contributed by atoms with Crippen LogP contribution in [0.4, 0.5) is 0 Å². The Morgan fingerprint density at radius 2 is 2.12 bits per heavy atom. The molecule has 0 amide bonds. The van der Waals surface area contributed by atoms with Crippen molar-refractivity contribution in [1.29, 1.82) is 0 Å². The summed E-state index contributed by atoms with van der Waals surface area (Å²) < 4.78 is 0. The van der Waals surface area contributed by atoms with Crippen LogP contribution < -0.4 is 5.73 Å². The number of rotatable bonds is 4. The van der Waals surface area contributed by atoms with E-state index in [4.69, 9.17) is 5.73 Å². The van der Waals surface area contributed by atoms with Gasteiger partial charge in [0, 0.05) is 16.5 Å². The summed E-state index contributed by atoms with van der Waals surface area (Å²) in [5.74, 6) is 0. The number of hydrogen-bond donors (Lipinski definition) is 1. The van der Waals surface area contributed by atoms with Gasteiger partial charge in [-0.1, -0.05) is 6.07 Å². The maximum atomic E-state index is 6.39. The minimum atomic E-state index is 0.125. The molecule has 1 fully saturated rings. The maximum absolute atomic E-state index is 6.39. The largest absolute Gasteiger partial charge is 0.326 e. The summed E-state index contributed by atoms with van der Waals surface area (Å²) in [5.41, 5.74) is 6.51. The molecule has 0 bridgehead atoms. The first-order chi connectivity index (χ1) is 7.60. The lowest BCUT2D eigenvalue weighted by atomic mass is 9.90. The smallest absolute Gasteiger partial charge is 0.0307 e. The zero-order chi connectivity index (χ0) is 11.6. The van der Waals surface area contributed by atoms with E-state index in [0.717, 1.165) is 6.42 Å². The van der Waals surface area contributed by atoms with Crippen molar-refractivity contribution in [3.63, 3.8) is 0 Å². The van der Waals surface area contributed by atoms with E-state index in [1.54, 1.807) is 0 Å². The first kappa shape index (κ1) is 12.1. The average molecular weight is 238 g/mol. The Hall–Kier alpha value is -0.380. The Bertz CT molecular complexity index is 313. The van der Waals surface area contributed by atoms with Crippen LogP contribution in [-0.4, -0.2) is 29.6 Å². The van der Waals surface area contributed by atoms with Crippen LogP contribution in [0, 0.1) is 0 Å². The van der Waals surface area contributed by atoms with Crippen molar-refractivity contribution >= 4 is 11.3 Å². The number of nitrogens with two attached hydrogens (primary N) is 1. The molecular weight excluding hydrogens is 216 g/mol. The molecule has 0 aromatic carbocycles. The minimum absolute atomic E-state index is 0.125. The van der Waals surface area contributed by atoms with Crippen LogP contribution in [0.5, 0.6) is 0 Å². The van der Waals surface area contributed by atoms with Crippen molar-refractivity contribution in [3.8, 4) is 0 Å². The van der Waals surface area contributed by atoms with Crippen molar-refractivity contribution in [3.05, 3.63) is 22.4 Å². The van der Waals surface area contributed by atoms with Gasteiger partial charge in [0.25, 0.3) is 0 Å². The van der Waals surface area contributed by atoms with Crippen molar-refractivity contribution in [2.75, 3.05) is 13.1 Å². The lowest BCUT2D eigenvalue weighted by Crippen LogP contribution is -2.55. The summed E-state index contributed by atoms with van der Waals surface area (Å²) in [6.45, 7) is 7.00. The van der Waals surface area contributed by atoms with E-state index in [0.29, 0.717) is 0 Å². The maximum Gasteiger partial charge on any atom is 0.0307 e. The summed E-state index contributed by atoms with van der Waals surface area (Å²) >= 11 is 1.81. The molecule has 2 nitrogen and oxygen atoms in total. The molecule has 0 radical (unpaired) electrons. The molecular formula is C13H22N2S. The van der Waals surface area contributed by atoms with Crippen LogP contribution in [0.3, 0.4) is 0 Å². The SMILES string of the molecule is CC(C)(C(N)Cc1cccs1)N1CCCC1. The lowest BCUT2D eigenvalue weighted by Gasteiger charge is -2.40. The van der Waals surface area contributed by atoms with E-state index in [-0.39, 0.29) is 11.6 Å². The molecule has 16 heavy (non-hydrogen) atoms. The second kappa shape index (κ2) is 4.86. The molecule has 90 valence electrons. The molecule has 2 heterocycles. The fourth-order valence-electron chi connectivity index (χ4n) is 2.42. The van der Waals surface area contributed by atoms with Crippen LogP contribution in [0.2, 0.25) is 0 Å². The number of hydrogen-bond acceptors (Lipinski definition) is 3. The predicted molar refractivity (Wildman–Crippen MR) is 70.9 cm³/mol. The number of nitrogens with zero attached hydrogens (tertiary/aromatic N) is 1. The Morgan fingerprint density at radius 3 is 2.69 bits per heavy atom. The highest BCUT2D eigenvalue weighted by atomic mass is 32.1. The molecule has 2 rings (SSSR count). The second-order valence-electron chi connectivity index (χ2n) is 5.24. The van der Waals surface area contributed by atoms with E-state index >= 15 is 0 Å². The van der Waals surface area contributed by atoms with E-state index in [2.05, 4.69) is 36.3 Å². The first-order valence-electron chi connectivity index (χ1n) is 6.14. The Balaban J connectivity index is 1.99. The predicted octanol–water partition coefficient (Wildman–Crippen LogP) is 2.49. The minimum Gasteiger partial charge on any atom is -0.326 e. The van der Waals surface area contributed by atoms with Crippen molar-refractivity contribution in [2.45, 2.75) is 44.7 Å². The molecule has 0 saturated carbocycles. The second-order valence-corrected chi connectivity index (χ2v) is 6.27. The highest BCUT2D eigenvalue weighted by Crippen LogP contribution is 2.25. The molecule has 1 aromatic rings. The summed E-state index contributed by atoms with van der Waals surface area (Å²) in [4.78, 5) is 3.95. The van der Waals surface area contributed by atoms with Crippen LogP contribution in [0.1, 0.15) is 31.6 Å². The molecule has 1 aromatic heterocycles. The zero-order valence-corrected chi connectivity index (χ0v) is 11.1. The topological polar surface area (TPSA) is 29.3 Å². The van der Waals surface area contributed by atoms with Crippen LogP contribution in [-0.2, 0) is 6.42 Å². The summed E-state index contributed by atoms with van der Waals surface area (Å²) in [6, 6.07) is 4.52. The molecule has 1 aliphatic rings. The molecule has 0 spiro atoms. The van der Waals surface area contributed by atoms with Crippen molar-refractivity contribution in [1.82, 2.24) is 4.90 Å². The van der Waals surface area contributed by atoms with Gasteiger partial charge in [0.15, 0.2) is 0 Å². The molecule has 0 aliphatic carbocycles. The highest BCUT2D eigenvalue weighted by Gasteiger charge is 2.34. The third-order valence-corrected chi connectivity index (χ3v) is 4.73. The third-order valence-electron chi connectivity index (χ3n) is 3.83. The average Bonchev–Trinajstić information content (AvgIpc) is 2.89. The zero-order valence-electron chi connectivity index (χ0n) is 10.3. The molecule has 2 N–H and O–H groups in total. The monoisotopic (exact) mass is 238 g/mol. The van der Waals surface area contributed by atoms with Gasteiger partial charge >= 0.3 is 0 Å². The van der Waals surface area contributed by atoms with Gasteiger partial charge < -0.3 is 5.73 Å². The van der Waals surface area contributed by atoms with Gasteiger partial charge in [0.1, 0.15) is 0 Å². The van der Waals surface area contributed by atoms with Gasteiger partial charge in [0.05, 0.1) is 0 Å². The Labute approximate surface area is 102 Å². The van der Waals surface area contributed by atoms with Gasteiger partial charge in [-0.3, -0.25) is 4.90 Å². The highest BCUT2D eigenvalue weighted by molar-refractivity contribution is 7.09. The Morgan fingerprint density at radius 1 is 1.44 bits per heavy atom. The molecule has 3 heteroatoms. The summed E-state index contributed by atoms with van der Waals surface area (Å²) in [6.07, 6.45) is 3.66. The lowest BCUT2D eigenvalue weighted by molar-refractivity contribution is 0.124. The van der Waals surface area contributed by atoms with Crippen LogP contribution >= 0.6 is 11.3 Å². The fourth-order valence-corrected chi connectivity index (χ4v) is 3.19. The van der Waals surface area contributed by atoms with Gasteiger partial charge in [-0.25, -0.2) is 0 Å². The van der Waals surface area contributed by atoms with E-state index in [9.17, 15) is 0 Å². The number of thiophene rings is 1. The molecule has 1 saturated heterocycles. The van der Waals surface area contributed by atoms with Gasteiger partial charge in [-0.15, -0.1) is 11.3 Å². The van der Waals surface area contributed by atoms with E-state index in [1.165, 1.54) is 30.8 Å². The molecule has 1 atom stereocenters. The van der Waals surface area contributed by atoms with Gasteiger partial charge in [-0.2, -0.15) is 0 Å². The van der Waals surface area contributed by atoms with E-state index in [1.807, 2.05) is 11.3 Å². The van der Waals surface area contributed by atoms with Crippen molar-refractivity contribution < 1.29 is 0 Å². The van der Waals surface area contributed by atoms with Crippen LogP contribution in [0.15, 0.2) is 17.5 Å². The first-order valence-corrected chi connectivity index (χ1v) is 7.01. The quantitative estimate of drug-likeness (QED) is 0.873. The number of likely N-dealkylation sites (tertiary alicyclic amines) is 1. The fraction of sp³-hybridized carbons (Fsp3) is 0.692. The van der Waals surface area contributed by atoms with Gasteiger partial charge in [-0.05, 0) is 57.6 Å². The molecule has 1 aliphatic heterocycles. The summed E-state index contributed by atoms with van der Waals surface area (Å²) in [5, 5.41) is 2.13. The normalized spacial score (nSPS) is 20.2. The van der Waals surface area contributed by atoms with Gasteiger partial charge in [0.2, 0.25) is 0 Å². The van der Waals surface area contributed by atoms with Crippen LogP contribution in [0.25, 0.3) is 0 Å². The third kappa shape index (κ3) is 2.47. The summed E-state index contributed by atoms with van der Waals surface area (Å²) in [7, 11) is 0. The Kier molecular flexibility index (Phi) is 3.67. The molecule has 1 unspecified atom stereocenters. The standard InChI is InChI=1S/C13H22N2S/c1-13(2,15-7-3-4-8-15)12(14)10-11-6-5-9-16-11/h5-6,9,12H,3-4,7-8,10,14H2,1-2H3. The van der Waals surface area contributed by atoms with Crippen molar-refractivity contribution in [2.24, 2.45) is 5.73 Å². The van der Waals surface area contributed by atoms with E-state index < -0.39 is 0 Å².